The van der Waals surface area contributed by atoms with E-state index < -0.39 is 0 Å². The number of hydrogen-bond donors (Lipinski definition) is 1. The summed E-state index contributed by atoms with van der Waals surface area (Å²) >= 11 is 0. The molecule has 0 bridgehead atoms. The number of carbonyl (C=O) groups is 1. The monoisotopic (exact) mass is 314 g/mol. The molecule has 0 atom stereocenters. The summed E-state index contributed by atoms with van der Waals surface area (Å²) in [4.78, 5) is 15.9. The van der Waals surface area contributed by atoms with Crippen molar-refractivity contribution in [3.05, 3.63) is 48.3 Å². The van der Waals surface area contributed by atoms with E-state index in [2.05, 4.69) is 10.3 Å². The van der Waals surface area contributed by atoms with Crippen LogP contribution >= 0.6 is 0 Å². The molecule has 0 aliphatic heterocycles. The first-order chi connectivity index (χ1) is 11.1. The fourth-order valence-electron chi connectivity index (χ4n) is 2.09. The number of carbonyl (C=O) groups excluding carboxylic acids is 1. The Morgan fingerprint density at radius 1 is 1.17 bits per heavy atom. The smallest absolute Gasteiger partial charge is 0.224 e. The number of anilines is 1. The number of amides is 1. The van der Waals surface area contributed by atoms with Gasteiger partial charge >= 0.3 is 0 Å². The SMILES string of the molecule is COc1ccc(NC(=O)CC(C)C)cc1OCc1ccncc1. The van der Waals surface area contributed by atoms with Crippen LogP contribution in [-0.4, -0.2) is 18.0 Å². The Morgan fingerprint density at radius 2 is 1.91 bits per heavy atom. The van der Waals surface area contributed by atoms with E-state index in [0.717, 1.165) is 5.56 Å². The molecule has 5 heteroatoms. The molecule has 0 fully saturated rings. The lowest BCUT2D eigenvalue weighted by Crippen LogP contribution is -2.13. The van der Waals surface area contributed by atoms with E-state index in [1.165, 1.54) is 0 Å². The van der Waals surface area contributed by atoms with Crippen LogP contribution in [0.3, 0.4) is 0 Å². The number of rotatable bonds is 7. The molecule has 122 valence electrons. The molecule has 1 amide bonds. The Bertz CT molecular complexity index is 642. The van der Waals surface area contributed by atoms with Crippen molar-refractivity contribution < 1.29 is 14.3 Å². The van der Waals surface area contributed by atoms with Crippen molar-refractivity contribution >= 4 is 11.6 Å². The fourth-order valence-corrected chi connectivity index (χ4v) is 2.09. The van der Waals surface area contributed by atoms with Gasteiger partial charge in [0.15, 0.2) is 11.5 Å². The van der Waals surface area contributed by atoms with Gasteiger partial charge in [-0.05, 0) is 35.7 Å². The number of nitrogens with zero attached hydrogens (tertiary/aromatic N) is 1. The summed E-state index contributed by atoms with van der Waals surface area (Å²) in [5.41, 5.74) is 1.71. The molecule has 23 heavy (non-hydrogen) atoms. The van der Waals surface area contributed by atoms with Crippen LogP contribution in [0.2, 0.25) is 0 Å². The lowest BCUT2D eigenvalue weighted by atomic mass is 10.1. The number of methoxy groups -OCH3 is 1. The molecule has 0 radical (unpaired) electrons. The van der Waals surface area contributed by atoms with Crippen LogP contribution in [0.1, 0.15) is 25.8 Å². The second-order valence-corrected chi connectivity index (χ2v) is 5.66. The minimum absolute atomic E-state index is 0.00903. The summed E-state index contributed by atoms with van der Waals surface area (Å²) in [6.07, 6.45) is 3.93. The van der Waals surface area contributed by atoms with Crippen molar-refractivity contribution in [2.75, 3.05) is 12.4 Å². The molecule has 1 aromatic heterocycles. The van der Waals surface area contributed by atoms with Crippen molar-refractivity contribution in [3.63, 3.8) is 0 Å². The zero-order valence-electron chi connectivity index (χ0n) is 13.7. The maximum Gasteiger partial charge on any atom is 0.224 e. The minimum Gasteiger partial charge on any atom is -0.493 e. The summed E-state index contributed by atoms with van der Waals surface area (Å²) in [5, 5.41) is 2.88. The molecular weight excluding hydrogens is 292 g/mol. The van der Waals surface area contributed by atoms with Gasteiger partial charge in [-0.3, -0.25) is 9.78 Å². The number of ether oxygens (including phenoxy) is 2. The first-order valence-corrected chi connectivity index (χ1v) is 7.58. The van der Waals surface area contributed by atoms with Gasteiger partial charge in [0.05, 0.1) is 7.11 Å². The number of nitrogens with one attached hydrogen (secondary N) is 1. The lowest BCUT2D eigenvalue weighted by Gasteiger charge is -2.13. The molecule has 1 heterocycles. The standard InChI is InChI=1S/C18H22N2O3/c1-13(2)10-18(21)20-15-4-5-16(22-3)17(11-15)23-12-14-6-8-19-9-7-14/h4-9,11,13H,10,12H2,1-3H3,(H,20,21). The van der Waals surface area contributed by atoms with Crippen molar-refractivity contribution in [2.45, 2.75) is 26.9 Å². The molecule has 0 spiro atoms. The summed E-state index contributed by atoms with van der Waals surface area (Å²) in [7, 11) is 1.59. The van der Waals surface area contributed by atoms with Gasteiger partial charge in [-0.25, -0.2) is 0 Å². The minimum atomic E-state index is -0.00903. The van der Waals surface area contributed by atoms with Crippen molar-refractivity contribution in [3.8, 4) is 11.5 Å². The molecule has 2 rings (SSSR count). The fraction of sp³-hybridized carbons (Fsp3) is 0.333. The number of aromatic nitrogens is 1. The topological polar surface area (TPSA) is 60.5 Å². The molecule has 0 aliphatic rings. The average Bonchev–Trinajstić information content (AvgIpc) is 2.53. The Hall–Kier alpha value is -2.56. The van der Waals surface area contributed by atoms with Gasteiger partial charge in [0, 0.05) is 30.6 Å². The maximum absolute atomic E-state index is 11.9. The van der Waals surface area contributed by atoms with Gasteiger partial charge in [0.25, 0.3) is 0 Å². The zero-order chi connectivity index (χ0) is 16.7. The highest BCUT2D eigenvalue weighted by atomic mass is 16.5. The molecule has 0 aliphatic carbocycles. The van der Waals surface area contributed by atoms with Crippen LogP contribution in [-0.2, 0) is 11.4 Å². The normalized spacial score (nSPS) is 10.4. The highest BCUT2D eigenvalue weighted by Gasteiger charge is 2.10. The van der Waals surface area contributed by atoms with E-state index >= 15 is 0 Å². The first-order valence-electron chi connectivity index (χ1n) is 7.58. The quantitative estimate of drug-likeness (QED) is 0.847. The van der Waals surface area contributed by atoms with Crippen LogP contribution in [0.25, 0.3) is 0 Å². The molecule has 1 aromatic carbocycles. The van der Waals surface area contributed by atoms with Crippen LogP contribution < -0.4 is 14.8 Å². The zero-order valence-corrected chi connectivity index (χ0v) is 13.7. The maximum atomic E-state index is 11.9. The van der Waals surface area contributed by atoms with Crippen LogP contribution in [0.5, 0.6) is 11.5 Å². The van der Waals surface area contributed by atoms with Gasteiger partial charge in [-0.1, -0.05) is 13.8 Å². The van der Waals surface area contributed by atoms with E-state index in [-0.39, 0.29) is 5.91 Å². The Morgan fingerprint density at radius 3 is 2.57 bits per heavy atom. The van der Waals surface area contributed by atoms with Crippen LogP contribution in [0.15, 0.2) is 42.7 Å². The Labute approximate surface area is 136 Å². The average molecular weight is 314 g/mol. The third kappa shape index (κ3) is 5.29. The predicted octanol–water partition coefficient (Wildman–Crippen LogP) is 3.65. The largest absolute Gasteiger partial charge is 0.493 e. The number of benzene rings is 1. The predicted molar refractivity (Wildman–Crippen MR) is 89.6 cm³/mol. The highest BCUT2D eigenvalue weighted by molar-refractivity contribution is 5.91. The van der Waals surface area contributed by atoms with Crippen LogP contribution in [0, 0.1) is 5.92 Å². The van der Waals surface area contributed by atoms with E-state index in [0.29, 0.717) is 36.1 Å². The second-order valence-electron chi connectivity index (χ2n) is 5.66. The molecule has 0 unspecified atom stereocenters. The van der Waals surface area contributed by atoms with Gasteiger partial charge in [0.1, 0.15) is 6.61 Å². The summed E-state index contributed by atoms with van der Waals surface area (Å²) < 4.78 is 11.1. The Kier molecular flexibility index (Phi) is 5.97. The van der Waals surface area contributed by atoms with Gasteiger partial charge in [-0.2, -0.15) is 0 Å². The number of pyridine rings is 1. The molecule has 1 N–H and O–H groups in total. The summed E-state index contributed by atoms with van der Waals surface area (Å²) in [6.45, 7) is 4.43. The van der Waals surface area contributed by atoms with Crippen molar-refractivity contribution in [1.82, 2.24) is 4.98 Å². The molecule has 5 nitrogen and oxygen atoms in total. The highest BCUT2D eigenvalue weighted by Crippen LogP contribution is 2.31. The second kappa shape index (κ2) is 8.17. The molecule has 2 aromatic rings. The third-order valence-electron chi connectivity index (χ3n) is 3.18. The molecule has 0 saturated carbocycles. The van der Waals surface area contributed by atoms with E-state index in [1.807, 2.05) is 26.0 Å². The van der Waals surface area contributed by atoms with Crippen LogP contribution in [0.4, 0.5) is 5.69 Å². The van der Waals surface area contributed by atoms with Crippen molar-refractivity contribution in [1.29, 1.82) is 0 Å². The summed E-state index contributed by atoms with van der Waals surface area (Å²) in [5.74, 6) is 1.52. The number of hydrogen-bond acceptors (Lipinski definition) is 4. The van der Waals surface area contributed by atoms with Crippen molar-refractivity contribution in [2.24, 2.45) is 5.92 Å². The van der Waals surface area contributed by atoms with Gasteiger partial charge in [0.2, 0.25) is 5.91 Å². The molecular formula is C18H22N2O3. The Balaban J connectivity index is 2.07. The van der Waals surface area contributed by atoms with Gasteiger partial charge < -0.3 is 14.8 Å². The molecule has 0 saturated heterocycles. The third-order valence-corrected chi connectivity index (χ3v) is 3.18. The lowest BCUT2D eigenvalue weighted by molar-refractivity contribution is -0.116. The van der Waals surface area contributed by atoms with E-state index in [1.54, 1.807) is 37.7 Å². The van der Waals surface area contributed by atoms with E-state index in [9.17, 15) is 4.79 Å². The van der Waals surface area contributed by atoms with E-state index in [4.69, 9.17) is 9.47 Å². The van der Waals surface area contributed by atoms with Gasteiger partial charge in [-0.15, -0.1) is 0 Å². The summed E-state index contributed by atoms with van der Waals surface area (Å²) in [6, 6.07) is 9.14. The first kappa shape index (κ1) is 16.8.